The van der Waals surface area contributed by atoms with Gasteiger partial charge in [0.25, 0.3) is 0 Å². The molecule has 1 fully saturated rings. The van der Waals surface area contributed by atoms with Crippen molar-refractivity contribution in [3.05, 3.63) is 33.8 Å². The van der Waals surface area contributed by atoms with Gasteiger partial charge in [-0.15, -0.1) is 12.4 Å². The van der Waals surface area contributed by atoms with Gasteiger partial charge in [0.2, 0.25) is 0 Å². The van der Waals surface area contributed by atoms with E-state index in [4.69, 9.17) is 27.9 Å². The summed E-state index contributed by atoms with van der Waals surface area (Å²) in [5, 5.41) is 4.66. The highest BCUT2D eigenvalue weighted by atomic mass is 35.5. The van der Waals surface area contributed by atoms with Crippen LogP contribution in [0.15, 0.2) is 18.2 Å². The summed E-state index contributed by atoms with van der Waals surface area (Å²) < 4.78 is 5.72. The van der Waals surface area contributed by atoms with Gasteiger partial charge in [0.1, 0.15) is 0 Å². The Bertz CT molecular complexity index is 340. The first-order valence-corrected chi connectivity index (χ1v) is 5.77. The normalized spacial score (nSPS) is 19.5. The van der Waals surface area contributed by atoms with Crippen molar-refractivity contribution in [1.29, 1.82) is 0 Å². The van der Waals surface area contributed by atoms with Gasteiger partial charge in [-0.2, -0.15) is 0 Å². The fourth-order valence-corrected chi connectivity index (χ4v) is 2.00. The van der Waals surface area contributed by atoms with Gasteiger partial charge in [0.15, 0.2) is 0 Å². The molecule has 2 rings (SSSR count). The largest absolute Gasteiger partial charge is 0.372 e. The molecule has 1 aliphatic heterocycles. The van der Waals surface area contributed by atoms with Crippen molar-refractivity contribution in [3.63, 3.8) is 0 Å². The van der Waals surface area contributed by atoms with Gasteiger partial charge < -0.3 is 10.1 Å². The lowest BCUT2D eigenvalue weighted by Crippen LogP contribution is -2.16. The third kappa shape index (κ3) is 3.79. The van der Waals surface area contributed by atoms with Crippen molar-refractivity contribution < 1.29 is 4.74 Å². The summed E-state index contributed by atoms with van der Waals surface area (Å²) in [6, 6.07) is 5.44. The Hall–Kier alpha value is 0.01000. The fraction of sp³-hybridized carbons (Fsp3) is 0.455. The topological polar surface area (TPSA) is 21.3 Å². The van der Waals surface area contributed by atoms with E-state index < -0.39 is 0 Å². The number of hydrogen-bond donors (Lipinski definition) is 1. The van der Waals surface area contributed by atoms with E-state index in [1.165, 1.54) is 0 Å². The molecule has 1 aromatic carbocycles. The lowest BCUT2D eigenvalue weighted by atomic mass is 10.2. The van der Waals surface area contributed by atoms with Crippen LogP contribution in [-0.4, -0.2) is 19.2 Å². The zero-order chi connectivity index (χ0) is 10.7. The molecule has 1 atom stereocenters. The first kappa shape index (κ1) is 14.1. The second-order valence-electron chi connectivity index (χ2n) is 3.66. The molecule has 0 amide bonds. The molecule has 2 nitrogen and oxygen atoms in total. The highest BCUT2D eigenvalue weighted by Gasteiger charge is 2.15. The van der Waals surface area contributed by atoms with Crippen LogP contribution in [0.5, 0.6) is 0 Å². The average Bonchev–Trinajstić information content (AvgIpc) is 2.72. The van der Waals surface area contributed by atoms with E-state index in [1.807, 2.05) is 6.07 Å². The summed E-state index contributed by atoms with van der Waals surface area (Å²) >= 11 is 11.9. The third-order valence-corrected chi connectivity index (χ3v) is 3.10. The molecule has 0 spiro atoms. The zero-order valence-corrected chi connectivity index (χ0v) is 11.0. The molecule has 0 aliphatic carbocycles. The van der Waals surface area contributed by atoms with Crippen LogP contribution in [0.25, 0.3) is 0 Å². The lowest BCUT2D eigenvalue weighted by Gasteiger charge is -2.11. The van der Waals surface area contributed by atoms with Crippen LogP contribution in [-0.2, 0) is 11.3 Å². The molecule has 90 valence electrons. The molecular weight excluding hydrogens is 268 g/mol. The lowest BCUT2D eigenvalue weighted by molar-refractivity contribution is 0.0543. The second kappa shape index (κ2) is 6.67. The molecule has 0 unspecified atom stereocenters. The number of halogens is 3. The number of ether oxygens (including phenoxy) is 1. The average molecular weight is 283 g/mol. The second-order valence-corrected chi connectivity index (χ2v) is 4.51. The van der Waals surface area contributed by atoms with Crippen molar-refractivity contribution in [2.24, 2.45) is 0 Å². The Morgan fingerprint density at radius 2 is 2.19 bits per heavy atom. The molecule has 1 aliphatic rings. The molecule has 0 bridgehead atoms. The minimum absolute atomic E-state index is 0. The molecule has 1 aromatic rings. The van der Waals surface area contributed by atoms with E-state index in [9.17, 15) is 0 Å². The van der Waals surface area contributed by atoms with Crippen molar-refractivity contribution in [2.45, 2.75) is 19.1 Å². The molecule has 1 heterocycles. The first-order valence-electron chi connectivity index (χ1n) is 5.02. The minimum Gasteiger partial charge on any atom is -0.372 e. The van der Waals surface area contributed by atoms with Gasteiger partial charge in [-0.1, -0.05) is 23.2 Å². The maximum Gasteiger partial charge on any atom is 0.0736 e. The van der Waals surface area contributed by atoms with Crippen LogP contribution in [0.3, 0.4) is 0 Å². The summed E-state index contributed by atoms with van der Waals surface area (Å²) in [5.74, 6) is 0. The number of rotatable bonds is 3. The summed E-state index contributed by atoms with van der Waals surface area (Å²) in [5.41, 5.74) is 0.955. The molecule has 0 saturated carbocycles. The SMILES string of the molecule is Cl.Clc1ccc(Cl)c(CO[C@@H]2CCNC2)c1. The van der Waals surface area contributed by atoms with Crippen LogP contribution in [0.1, 0.15) is 12.0 Å². The van der Waals surface area contributed by atoms with Crippen molar-refractivity contribution >= 4 is 35.6 Å². The number of nitrogens with one attached hydrogen (secondary N) is 1. The van der Waals surface area contributed by atoms with E-state index in [-0.39, 0.29) is 12.4 Å². The van der Waals surface area contributed by atoms with Gasteiger partial charge in [0, 0.05) is 16.6 Å². The van der Waals surface area contributed by atoms with E-state index in [2.05, 4.69) is 5.32 Å². The van der Waals surface area contributed by atoms with Crippen LogP contribution in [0, 0.1) is 0 Å². The van der Waals surface area contributed by atoms with Crippen LogP contribution >= 0.6 is 35.6 Å². The standard InChI is InChI=1S/C11H13Cl2NO.ClH/c12-9-1-2-11(13)8(5-9)7-15-10-3-4-14-6-10;/h1-2,5,10,14H,3-4,6-7H2;1H/t10-;/m1./s1. The molecule has 5 heteroatoms. The fourth-order valence-electron chi connectivity index (χ4n) is 1.63. The molecule has 16 heavy (non-hydrogen) atoms. The maximum absolute atomic E-state index is 6.03. The van der Waals surface area contributed by atoms with Gasteiger partial charge in [-0.05, 0) is 36.7 Å². The molecule has 1 saturated heterocycles. The summed E-state index contributed by atoms with van der Waals surface area (Å²) in [6.07, 6.45) is 1.37. The van der Waals surface area contributed by atoms with Gasteiger partial charge in [-0.3, -0.25) is 0 Å². The maximum atomic E-state index is 6.03. The monoisotopic (exact) mass is 281 g/mol. The Balaban J connectivity index is 0.00000128. The Morgan fingerprint density at radius 1 is 1.38 bits per heavy atom. The van der Waals surface area contributed by atoms with Crippen molar-refractivity contribution in [3.8, 4) is 0 Å². The van der Waals surface area contributed by atoms with Crippen LogP contribution in [0.2, 0.25) is 10.0 Å². The van der Waals surface area contributed by atoms with E-state index in [1.54, 1.807) is 12.1 Å². The predicted octanol–water partition coefficient (Wildman–Crippen LogP) is 3.29. The quantitative estimate of drug-likeness (QED) is 0.918. The highest BCUT2D eigenvalue weighted by molar-refractivity contribution is 6.33. The smallest absolute Gasteiger partial charge is 0.0736 e. The van der Waals surface area contributed by atoms with Crippen LogP contribution < -0.4 is 5.32 Å². The summed E-state index contributed by atoms with van der Waals surface area (Å²) in [7, 11) is 0. The highest BCUT2D eigenvalue weighted by Crippen LogP contribution is 2.22. The van der Waals surface area contributed by atoms with Gasteiger partial charge in [-0.25, -0.2) is 0 Å². The predicted molar refractivity (Wildman–Crippen MR) is 69.8 cm³/mol. The molecular formula is C11H14Cl3NO. The number of hydrogen-bond acceptors (Lipinski definition) is 2. The Morgan fingerprint density at radius 3 is 2.88 bits per heavy atom. The third-order valence-electron chi connectivity index (χ3n) is 2.50. The molecule has 0 radical (unpaired) electrons. The van der Waals surface area contributed by atoms with E-state index >= 15 is 0 Å². The van der Waals surface area contributed by atoms with E-state index in [0.29, 0.717) is 22.8 Å². The van der Waals surface area contributed by atoms with Gasteiger partial charge in [0.05, 0.1) is 12.7 Å². The van der Waals surface area contributed by atoms with Gasteiger partial charge >= 0.3 is 0 Å². The van der Waals surface area contributed by atoms with Crippen LogP contribution in [0.4, 0.5) is 0 Å². The first-order chi connectivity index (χ1) is 7.25. The van der Waals surface area contributed by atoms with Crippen molar-refractivity contribution in [1.82, 2.24) is 5.32 Å². The summed E-state index contributed by atoms with van der Waals surface area (Å²) in [4.78, 5) is 0. The minimum atomic E-state index is 0. The van der Waals surface area contributed by atoms with E-state index in [0.717, 1.165) is 25.1 Å². The Labute approximate surface area is 112 Å². The molecule has 1 N–H and O–H groups in total. The Kier molecular flexibility index (Phi) is 5.87. The molecule has 0 aromatic heterocycles. The number of benzene rings is 1. The van der Waals surface area contributed by atoms with Crippen molar-refractivity contribution in [2.75, 3.05) is 13.1 Å². The summed E-state index contributed by atoms with van der Waals surface area (Å²) in [6.45, 7) is 2.50. The zero-order valence-electron chi connectivity index (χ0n) is 8.71.